The predicted molar refractivity (Wildman–Crippen MR) is 78.8 cm³/mol. The minimum atomic E-state index is -0.212. The Morgan fingerprint density at radius 1 is 1.05 bits per heavy atom. The summed E-state index contributed by atoms with van der Waals surface area (Å²) in [6.45, 7) is 0. The third-order valence-corrected chi connectivity index (χ3v) is 3.11. The second kappa shape index (κ2) is 5.84. The molecule has 0 saturated carbocycles. The zero-order chi connectivity index (χ0) is 14.7. The van der Waals surface area contributed by atoms with E-state index in [1.165, 1.54) is 14.2 Å². The van der Waals surface area contributed by atoms with Crippen LogP contribution in [0, 0.1) is 0 Å². The maximum absolute atomic E-state index is 12.5. The van der Waals surface area contributed by atoms with Crippen molar-refractivity contribution in [1.82, 2.24) is 0 Å². The lowest BCUT2D eigenvalue weighted by atomic mass is 10.0. The molecule has 5 heteroatoms. The molecule has 0 spiro atoms. The van der Waals surface area contributed by atoms with Gasteiger partial charge in [0, 0.05) is 27.9 Å². The maximum Gasteiger partial charge on any atom is 0.195 e. The summed E-state index contributed by atoms with van der Waals surface area (Å²) in [6.07, 6.45) is 0. The molecule has 0 fully saturated rings. The largest absolute Gasteiger partial charge is 0.497 e. The summed E-state index contributed by atoms with van der Waals surface area (Å²) in [5.74, 6) is 0.872. The van der Waals surface area contributed by atoms with Crippen LogP contribution in [-0.2, 0) is 0 Å². The average molecular weight is 292 g/mol. The van der Waals surface area contributed by atoms with Crippen LogP contribution < -0.4 is 15.2 Å². The molecule has 2 aromatic carbocycles. The minimum absolute atomic E-state index is 0.212. The molecule has 2 N–H and O–H groups in total. The Kier molecular flexibility index (Phi) is 4.15. The molecule has 20 heavy (non-hydrogen) atoms. The van der Waals surface area contributed by atoms with E-state index in [1.807, 2.05) is 0 Å². The van der Waals surface area contributed by atoms with Crippen molar-refractivity contribution < 1.29 is 14.3 Å². The van der Waals surface area contributed by atoms with Crippen molar-refractivity contribution in [2.45, 2.75) is 0 Å². The number of hydrogen-bond acceptors (Lipinski definition) is 4. The number of benzene rings is 2. The van der Waals surface area contributed by atoms with E-state index in [2.05, 4.69) is 0 Å². The van der Waals surface area contributed by atoms with E-state index >= 15 is 0 Å². The van der Waals surface area contributed by atoms with Gasteiger partial charge in [-0.1, -0.05) is 11.6 Å². The average Bonchev–Trinajstić information content (AvgIpc) is 2.46. The molecule has 0 heterocycles. The van der Waals surface area contributed by atoms with Gasteiger partial charge in [-0.15, -0.1) is 0 Å². The van der Waals surface area contributed by atoms with Crippen LogP contribution >= 0.6 is 11.6 Å². The van der Waals surface area contributed by atoms with Crippen LogP contribution in [0.25, 0.3) is 0 Å². The highest BCUT2D eigenvalue weighted by atomic mass is 35.5. The predicted octanol–water partition coefficient (Wildman–Crippen LogP) is 3.17. The third-order valence-electron chi connectivity index (χ3n) is 2.87. The molecular formula is C15H14ClNO3. The fourth-order valence-corrected chi connectivity index (χ4v) is 2.01. The van der Waals surface area contributed by atoms with Gasteiger partial charge in [-0.05, 0) is 30.3 Å². The van der Waals surface area contributed by atoms with Crippen LogP contribution in [0.4, 0.5) is 5.69 Å². The van der Waals surface area contributed by atoms with Gasteiger partial charge in [-0.25, -0.2) is 0 Å². The number of carbonyl (C=O) groups excluding carboxylic acids is 1. The van der Waals surface area contributed by atoms with Gasteiger partial charge in [0.25, 0.3) is 0 Å². The van der Waals surface area contributed by atoms with Crippen molar-refractivity contribution in [3.63, 3.8) is 0 Å². The van der Waals surface area contributed by atoms with Gasteiger partial charge in [0.15, 0.2) is 5.78 Å². The molecule has 0 aliphatic heterocycles. The molecule has 0 aliphatic carbocycles. The standard InChI is InChI=1S/C15H14ClNO3/c1-19-11-5-9(6-12(8-11)20-2)15(18)13-4-3-10(16)7-14(13)17/h3-8H,17H2,1-2H3. The number of carbonyl (C=O) groups is 1. The summed E-state index contributed by atoms with van der Waals surface area (Å²) in [5.41, 5.74) is 7.00. The van der Waals surface area contributed by atoms with E-state index in [4.69, 9.17) is 26.8 Å². The molecule has 2 aromatic rings. The van der Waals surface area contributed by atoms with Crippen molar-refractivity contribution in [3.05, 3.63) is 52.5 Å². The van der Waals surface area contributed by atoms with Crippen molar-refractivity contribution in [1.29, 1.82) is 0 Å². The summed E-state index contributed by atoms with van der Waals surface area (Å²) in [6, 6.07) is 9.75. The zero-order valence-electron chi connectivity index (χ0n) is 11.1. The number of hydrogen-bond donors (Lipinski definition) is 1. The fourth-order valence-electron chi connectivity index (χ4n) is 1.83. The summed E-state index contributed by atoms with van der Waals surface area (Å²) in [7, 11) is 3.05. The maximum atomic E-state index is 12.5. The molecule has 0 aliphatic rings. The minimum Gasteiger partial charge on any atom is -0.497 e. The molecule has 0 atom stereocenters. The topological polar surface area (TPSA) is 61.5 Å². The van der Waals surface area contributed by atoms with Gasteiger partial charge in [-0.3, -0.25) is 4.79 Å². The van der Waals surface area contributed by atoms with Gasteiger partial charge in [0.2, 0.25) is 0 Å². The van der Waals surface area contributed by atoms with Gasteiger partial charge >= 0.3 is 0 Å². The zero-order valence-corrected chi connectivity index (χ0v) is 11.9. The molecule has 0 aromatic heterocycles. The first kappa shape index (κ1) is 14.2. The van der Waals surface area contributed by atoms with E-state index in [1.54, 1.807) is 36.4 Å². The van der Waals surface area contributed by atoms with Gasteiger partial charge in [0.1, 0.15) is 11.5 Å². The van der Waals surface area contributed by atoms with Crippen molar-refractivity contribution in [3.8, 4) is 11.5 Å². The summed E-state index contributed by atoms with van der Waals surface area (Å²) >= 11 is 5.83. The van der Waals surface area contributed by atoms with E-state index < -0.39 is 0 Å². The van der Waals surface area contributed by atoms with Crippen molar-refractivity contribution in [2.75, 3.05) is 20.0 Å². The van der Waals surface area contributed by atoms with Crippen LogP contribution in [0.5, 0.6) is 11.5 Å². The fraction of sp³-hybridized carbons (Fsp3) is 0.133. The highest BCUT2D eigenvalue weighted by molar-refractivity contribution is 6.31. The monoisotopic (exact) mass is 291 g/mol. The summed E-state index contributed by atoms with van der Waals surface area (Å²) in [5, 5.41) is 0.488. The van der Waals surface area contributed by atoms with E-state index in [0.29, 0.717) is 33.3 Å². The van der Waals surface area contributed by atoms with E-state index in [9.17, 15) is 4.79 Å². The summed E-state index contributed by atoms with van der Waals surface area (Å²) < 4.78 is 10.3. The van der Waals surface area contributed by atoms with Crippen molar-refractivity contribution in [2.24, 2.45) is 0 Å². The Bertz CT molecular complexity index is 633. The number of nitrogen functional groups attached to an aromatic ring is 1. The third kappa shape index (κ3) is 2.86. The van der Waals surface area contributed by atoms with Gasteiger partial charge in [-0.2, -0.15) is 0 Å². The van der Waals surface area contributed by atoms with Crippen molar-refractivity contribution >= 4 is 23.1 Å². The molecule has 0 radical (unpaired) electrons. The summed E-state index contributed by atoms with van der Waals surface area (Å²) in [4.78, 5) is 12.5. The highest BCUT2D eigenvalue weighted by Crippen LogP contribution is 2.26. The number of ketones is 1. The lowest BCUT2D eigenvalue weighted by molar-refractivity contribution is 0.103. The molecular weight excluding hydrogens is 278 g/mol. The van der Waals surface area contributed by atoms with Crippen LogP contribution in [0.2, 0.25) is 5.02 Å². The lowest BCUT2D eigenvalue weighted by Crippen LogP contribution is -2.06. The second-order valence-electron chi connectivity index (χ2n) is 4.16. The van der Waals surface area contributed by atoms with Gasteiger partial charge < -0.3 is 15.2 Å². The molecule has 0 saturated heterocycles. The lowest BCUT2D eigenvalue weighted by Gasteiger charge is -2.09. The number of rotatable bonds is 4. The molecule has 2 rings (SSSR count). The first-order valence-electron chi connectivity index (χ1n) is 5.88. The Labute approximate surface area is 122 Å². The highest BCUT2D eigenvalue weighted by Gasteiger charge is 2.15. The van der Waals surface area contributed by atoms with Crippen LogP contribution in [0.1, 0.15) is 15.9 Å². The SMILES string of the molecule is COc1cc(OC)cc(C(=O)c2ccc(Cl)cc2N)c1. The normalized spacial score (nSPS) is 10.2. The van der Waals surface area contributed by atoms with Crippen LogP contribution in [-0.4, -0.2) is 20.0 Å². The Balaban J connectivity index is 2.47. The number of ether oxygens (including phenoxy) is 2. The quantitative estimate of drug-likeness (QED) is 0.694. The molecule has 104 valence electrons. The Morgan fingerprint density at radius 2 is 1.65 bits per heavy atom. The molecule has 0 unspecified atom stereocenters. The van der Waals surface area contributed by atoms with E-state index in [-0.39, 0.29) is 5.78 Å². The molecule has 4 nitrogen and oxygen atoms in total. The Hall–Kier alpha value is -2.20. The number of anilines is 1. The first-order chi connectivity index (χ1) is 9.55. The van der Waals surface area contributed by atoms with Crippen LogP contribution in [0.15, 0.2) is 36.4 Å². The number of nitrogens with two attached hydrogens (primary N) is 1. The van der Waals surface area contributed by atoms with Gasteiger partial charge in [0.05, 0.1) is 14.2 Å². The first-order valence-corrected chi connectivity index (χ1v) is 6.25. The number of halogens is 1. The number of methoxy groups -OCH3 is 2. The molecule has 0 amide bonds. The van der Waals surface area contributed by atoms with E-state index in [0.717, 1.165) is 0 Å². The second-order valence-corrected chi connectivity index (χ2v) is 4.60. The molecule has 0 bridgehead atoms. The van der Waals surface area contributed by atoms with Crippen LogP contribution in [0.3, 0.4) is 0 Å². The smallest absolute Gasteiger partial charge is 0.195 e. The Morgan fingerprint density at radius 3 is 2.15 bits per heavy atom.